The van der Waals surface area contributed by atoms with E-state index in [2.05, 4.69) is 19.2 Å². The fourth-order valence-corrected chi connectivity index (χ4v) is 3.09. The zero-order valence-corrected chi connectivity index (χ0v) is 15.3. The fraction of sp³-hybridized carbons (Fsp3) is 0.526. The molecule has 0 unspecified atom stereocenters. The van der Waals surface area contributed by atoms with Crippen LogP contribution >= 0.6 is 0 Å². The first-order valence-corrected chi connectivity index (χ1v) is 8.87. The lowest BCUT2D eigenvalue weighted by atomic mass is 9.92. The van der Waals surface area contributed by atoms with E-state index in [1.54, 1.807) is 25.1 Å². The highest BCUT2D eigenvalue weighted by Gasteiger charge is 2.47. The number of benzene rings is 1. The van der Waals surface area contributed by atoms with Gasteiger partial charge >= 0.3 is 6.03 Å². The van der Waals surface area contributed by atoms with Crippen LogP contribution in [0.3, 0.4) is 0 Å². The maximum atomic E-state index is 12.7. The van der Waals surface area contributed by atoms with Crippen LogP contribution in [0.5, 0.6) is 11.5 Å². The molecule has 7 nitrogen and oxygen atoms in total. The number of carbonyl (C=O) groups excluding carboxylic acids is 3. The minimum atomic E-state index is -0.950. The predicted octanol–water partition coefficient (Wildman–Crippen LogP) is 2.39. The van der Waals surface area contributed by atoms with Gasteiger partial charge in [0.05, 0.1) is 6.54 Å². The van der Waals surface area contributed by atoms with Gasteiger partial charge in [-0.3, -0.25) is 14.5 Å². The smallest absolute Gasteiger partial charge is 0.325 e. The van der Waals surface area contributed by atoms with Crippen LogP contribution in [0.25, 0.3) is 0 Å². The van der Waals surface area contributed by atoms with Gasteiger partial charge in [-0.2, -0.15) is 0 Å². The minimum Gasteiger partial charge on any atom is -0.486 e. The van der Waals surface area contributed by atoms with Crippen LogP contribution in [0.4, 0.5) is 4.79 Å². The van der Waals surface area contributed by atoms with Gasteiger partial charge in [0.25, 0.3) is 5.91 Å². The summed E-state index contributed by atoms with van der Waals surface area (Å²) < 4.78 is 10.9. The summed E-state index contributed by atoms with van der Waals surface area (Å²) in [6, 6.07) is 4.35. The van der Waals surface area contributed by atoms with Gasteiger partial charge in [-0.25, -0.2) is 4.79 Å². The number of ether oxygens (including phenoxy) is 2. The van der Waals surface area contributed by atoms with E-state index < -0.39 is 11.6 Å². The third-order valence-electron chi connectivity index (χ3n) is 4.73. The average Bonchev–Trinajstić information content (AvgIpc) is 2.83. The maximum absolute atomic E-state index is 12.7. The van der Waals surface area contributed by atoms with Crippen LogP contribution in [-0.4, -0.2) is 47.9 Å². The Morgan fingerprint density at radius 3 is 2.62 bits per heavy atom. The number of hydrogen-bond acceptors (Lipinski definition) is 5. The lowest BCUT2D eigenvalue weighted by molar-refractivity contribution is -0.130. The molecule has 1 aromatic carbocycles. The molecular formula is C19H24N2O5. The van der Waals surface area contributed by atoms with Crippen molar-refractivity contribution in [3.8, 4) is 11.5 Å². The highest BCUT2D eigenvalue weighted by molar-refractivity contribution is 6.11. The third kappa shape index (κ3) is 3.52. The van der Waals surface area contributed by atoms with Crippen molar-refractivity contribution in [1.29, 1.82) is 0 Å². The predicted molar refractivity (Wildman–Crippen MR) is 94.5 cm³/mol. The molecular weight excluding hydrogens is 336 g/mol. The Bertz CT molecular complexity index is 745. The summed E-state index contributed by atoms with van der Waals surface area (Å²) in [5, 5.41) is 2.73. The molecule has 2 aliphatic rings. The Kier molecular flexibility index (Phi) is 4.89. The molecule has 140 valence electrons. The van der Waals surface area contributed by atoms with Crippen LogP contribution in [0.15, 0.2) is 18.2 Å². The Balaban J connectivity index is 1.71. The molecule has 3 amide bonds. The van der Waals surface area contributed by atoms with Crippen LogP contribution in [0, 0.1) is 5.92 Å². The number of urea groups is 1. The van der Waals surface area contributed by atoms with E-state index in [0.717, 1.165) is 11.3 Å². The number of nitrogens with one attached hydrogen (secondary N) is 1. The Morgan fingerprint density at radius 2 is 1.92 bits per heavy atom. The number of ketones is 1. The summed E-state index contributed by atoms with van der Waals surface area (Å²) >= 11 is 0. The topological polar surface area (TPSA) is 84.9 Å². The van der Waals surface area contributed by atoms with Gasteiger partial charge < -0.3 is 14.8 Å². The first kappa shape index (κ1) is 18.2. The Morgan fingerprint density at radius 1 is 1.23 bits per heavy atom. The lowest BCUT2D eigenvalue weighted by Gasteiger charge is -2.22. The van der Waals surface area contributed by atoms with E-state index in [1.165, 1.54) is 0 Å². The fourth-order valence-electron chi connectivity index (χ4n) is 3.09. The molecule has 0 aliphatic carbocycles. The standard InChI is InChI=1S/C19H24N2O5/c1-12(2)6-7-19(3)17(23)21(18(24)20-19)11-14(22)13-4-5-15-16(10-13)26-9-8-25-15/h4-5,10,12H,6-9,11H2,1-3H3,(H,20,24)/t19-/m1/s1. The second-order valence-electron chi connectivity index (χ2n) is 7.37. The summed E-state index contributed by atoms with van der Waals surface area (Å²) in [6.45, 7) is 6.44. The van der Waals surface area contributed by atoms with Gasteiger partial charge in [0.1, 0.15) is 18.8 Å². The molecule has 0 radical (unpaired) electrons. The summed E-state index contributed by atoms with van der Waals surface area (Å²) in [5.41, 5.74) is -0.570. The molecule has 1 aromatic rings. The molecule has 1 atom stereocenters. The minimum absolute atomic E-state index is 0.290. The molecule has 0 saturated carbocycles. The Labute approximate surface area is 152 Å². The zero-order valence-electron chi connectivity index (χ0n) is 15.3. The van der Waals surface area contributed by atoms with Crippen molar-refractivity contribution >= 4 is 17.7 Å². The van der Waals surface area contributed by atoms with Crippen molar-refractivity contribution < 1.29 is 23.9 Å². The van der Waals surface area contributed by atoms with Crippen LogP contribution in [0.1, 0.15) is 44.0 Å². The molecule has 7 heteroatoms. The maximum Gasteiger partial charge on any atom is 0.325 e. The number of fused-ring (bicyclic) bond motifs is 1. The van der Waals surface area contributed by atoms with Crippen molar-refractivity contribution in [1.82, 2.24) is 10.2 Å². The molecule has 0 spiro atoms. The van der Waals surface area contributed by atoms with Crippen LogP contribution in [0.2, 0.25) is 0 Å². The average molecular weight is 360 g/mol. The zero-order chi connectivity index (χ0) is 18.9. The monoisotopic (exact) mass is 360 g/mol. The van der Waals surface area contributed by atoms with Crippen molar-refractivity contribution in [2.75, 3.05) is 19.8 Å². The van der Waals surface area contributed by atoms with Gasteiger partial charge in [-0.1, -0.05) is 13.8 Å². The molecule has 3 rings (SSSR count). The number of imide groups is 1. The summed E-state index contributed by atoms with van der Waals surface area (Å²) in [6.07, 6.45) is 1.36. The molecule has 0 bridgehead atoms. The largest absolute Gasteiger partial charge is 0.486 e. The number of Topliss-reactive ketones (excluding diaryl/α,β-unsaturated/α-hetero) is 1. The number of rotatable bonds is 6. The molecule has 1 saturated heterocycles. The molecule has 2 aliphatic heterocycles. The van der Waals surface area contributed by atoms with E-state index in [-0.39, 0.29) is 18.2 Å². The summed E-state index contributed by atoms with van der Waals surface area (Å²) in [5.74, 6) is 0.836. The van der Waals surface area contributed by atoms with Crippen molar-refractivity contribution in [2.24, 2.45) is 5.92 Å². The molecule has 1 N–H and O–H groups in total. The number of amides is 3. The van der Waals surface area contributed by atoms with Crippen molar-refractivity contribution in [2.45, 2.75) is 39.2 Å². The highest BCUT2D eigenvalue weighted by atomic mass is 16.6. The van der Waals surface area contributed by atoms with Crippen molar-refractivity contribution in [3.63, 3.8) is 0 Å². The quantitative estimate of drug-likeness (QED) is 0.622. The van der Waals surface area contributed by atoms with E-state index >= 15 is 0 Å². The Hall–Kier alpha value is -2.57. The van der Waals surface area contributed by atoms with Crippen molar-refractivity contribution in [3.05, 3.63) is 23.8 Å². The second kappa shape index (κ2) is 6.97. The van der Waals surface area contributed by atoms with Gasteiger partial charge in [0, 0.05) is 5.56 Å². The van der Waals surface area contributed by atoms with Crippen LogP contribution in [-0.2, 0) is 4.79 Å². The summed E-state index contributed by atoms with van der Waals surface area (Å²) in [7, 11) is 0. The van der Waals surface area contributed by atoms with Crippen LogP contribution < -0.4 is 14.8 Å². The number of nitrogens with zero attached hydrogens (tertiary/aromatic N) is 1. The van der Waals surface area contributed by atoms with E-state index in [9.17, 15) is 14.4 Å². The lowest BCUT2D eigenvalue weighted by Crippen LogP contribution is -2.44. The highest BCUT2D eigenvalue weighted by Crippen LogP contribution is 2.31. The van der Waals surface area contributed by atoms with Gasteiger partial charge in [0.15, 0.2) is 17.3 Å². The molecule has 2 heterocycles. The first-order valence-electron chi connectivity index (χ1n) is 8.87. The SMILES string of the molecule is CC(C)CC[C@@]1(C)NC(=O)N(CC(=O)c2ccc3c(c2)OCCO3)C1=O. The normalized spacial score (nSPS) is 21.9. The second-order valence-corrected chi connectivity index (χ2v) is 7.37. The number of carbonyl (C=O) groups is 3. The summed E-state index contributed by atoms with van der Waals surface area (Å²) in [4.78, 5) is 38.5. The van der Waals surface area contributed by atoms with Gasteiger partial charge in [0.2, 0.25) is 0 Å². The third-order valence-corrected chi connectivity index (χ3v) is 4.73. The first-order chi connectivity index (χ1) is 12.3. The molecule has 26 heavy (non-hydrogen) atoms. The number of hydrogen-bond donors (Lipinski definition) is 1. The molecule has 0 aromatic heterocycles. The molecule has 1 fully saturated rings. The van der Waals surface area contributed by atoms with Gasteiger partial charge in [-0.15, -0.1) is 0 Å². The van der Waals surface area contributed by atoms with E-state index in [0.29, 0.717) is 42.6 Å². The van der Waals surface area contributed by atoms with Gasteiger partial charge in [-0.05, 0) is 43.9 Å². The van der Waals surface area contributed by atoms with E-state index in [1.807, 2.05) is 0 Å². The van der Waals surface area contributed by atoms with E-state index in [4.69, 9.17) is 9.47 Å².